The minimum Gasteiger partial charge on any atom is -0.496 e. The lowest BCUT2D eigenvalue weighted by Gasteiger charge is -2.11. The molecule has 0 bridgehead atoms. The van der Waals surface area contributed by atoms with Crippen molar-refractivity contribution in [1.82, 2.24) is 0 Å². The quantitative estimate of drug-likeness (QED) is 0.294. The van der Waals surface area contributed by atoms with Crippen molar-refractivity contribution in [3.8, 4) is 17.2 Å². The molecule has 0 saturated carbocycles. The Hall–Kier alpha value is -4.33. The number of benzene rings is 3. The molecule has 0 fully saturated rings. The molecule has 0 atom stereocenters. The molecule has 0 radical (unpaired) electrons. The number of nitrogens with zero attached hydrogens (tertiary/aromatic N) is 1. The van der Waals surface area contributed by atoms with E-state index in [2.05, 4.69) is 5.32 Å². The van der Waals surface area contributed by atoms with Crippen molar-refractivity contribution in [1.29, 1.82) is 0 Å². The summed E-state index contributed by atoms with van der Waals surface area (Å²) in [5.74, 6) is 0.912. The fourth-order valence-corrected chi connectivity index (χ4v) is 2.88. The third-order valence-corrected chi connectivity index (χ3v) is 4.51. The first-order valence-electron chi connectivity index (χ1n) is 9.66. The minimum atomic E-state index is -0.582. The van der Waals surface area contributed by atoms with E-state index in [1.54, 1.807) is 24.3 Å². The molecular formula is C24H22N2O6. The van der Waals surface area contributed by atoms with Gasteiger partial charge in [-0.05, 0) is 41.5 Å². The van der Waals surface area contributed by atoms with Crippen molar-refractivity contribution >= 4 is 23.4 Å². The largest absolute Gasteiger partial charge is 0.496 e. The zero-order valence-corrected chi connectivity index (χ0v) is 17.6. The van der Waals surface area contributed by atoms with Gasteiger partial charge in [0.05, 0.1) is 25.2 Å². The van der Waals surface area contributed by atoms with Gasteiger partial charge >= 0.3 is 0 Å². The van der Waals surface area contributed by atoms with Gasteiger partial charge in [0.2, 0.25) is 5.91 Å². The highest BCUT2D eigenvalue weighted by Gasteiger charge is 2.16. The molecule has 3 aromatic carbocycles. The van der Waals surface area contributed by atoms with Crippen LogP contribution in [0.4, 0.5) is 11.4 Å². The number of anilines is 1. The van der Waals surface area contributed by atoms with Gasteiger partial charge in [-0.25, -0.2) is 0 Å². The average Bonchev–Trinajstić information content (AvgIpc) is 2.82. The second-order valence-corrected chi connectivity index (χ2v) is 6.65. The van der Waals surface area contributed by atoms with Crippen LogP contribution >= 0.6 is 0 Å². The van der Waals surface area contributed by atoms with Gasteiger partial charge in [-0.1, -0.05) is 36.4 Å². The molecule has 0 unspecified atom stereocenters. The van der Waals surface area contributed by atoms with Crippen molar-refractivity contribution in [2.45, 2.75) is 6.61 Å². The van der Waals surface area contributed by atoms with Crippen LogP contribution < -0.4 is 19.5 Å². The Morgan fingerprint density at radius 3 is 2.47 bits per heavy atom. The average molecular weight is 434 g/mol. The van der Waals surface area contributed by atoms with Crippen LogP contribution in [0, 0.1) is 10.1 Å². The van der Waals surface area contributed by atoms with Gasteiger partial charge in [-0.3, -0.25) is 14.9 Å². The van der Waals surface area contributed by atoms with Crippen LogP contribution in [-0.4, -0.2) is 25.1 Å². The van der Waals surface area contributed by atoms with Crippen LogP contribution in [0.25, 0.3) is 6.08 Å². The Kier molecular flexibility index (Phi) is 7.42. The Bertz CT molecular complexity index is 1130. The molecule has 164 valence electrons. The van der Waals surface area contributed by atoms with Gasteiger partial charge in [0.1, 0.15) is 18.0 Å². The van der Waals surface area contributed by atoms with E-state index in [0.717, 1.165) is 5.56 Å². The second kappa shape index (κ2) is 10.6. The number of carbonyl (C=O) groups excluding carboxylic acids is 1. The summed E-state index contributed by atoms with van der Waals surface area (Å²) >= 11 is 0. The van der Waals surface area contributed by atoms with Crippen LogP contribution in [0.1, 0.15) is 11.1 Å². The molecule has 0 aliphatic carbocycles. The first-order chi connectivity index (χ1) is 15.5. The molecule has 8 heteroatoms. The summed E-state index contributed by atoms with van der Waals surface area (Å²) in [4.78, 5) is 23.0. The standard InChI is InChI=1S/C24H22N2O6/c1-30-19-10-11-20(21(15-19)26(28)29)25-24(27)13-9-17-8-12-22(23(14-17)31-2)32-16-18-6-4-3-5-7-18/h3-15H,16H2,1-2H3,(H,25,27). The number of methoxy groups -OCH3 is 2. The van der Waals surface area contributed by atoms with Crippen molar-refractivity contribution in [3.63, 3.8) is 0 Å². The number of nitrogens with one attached hydrogen (secondary N) is 1. The second-order valence-electron chi connectivity index (χ2n) is 6.65. The fraction of sp³-hybridized carbons (Fsp3) is 0.125. The molecule has 0 aliphatic heterocycles. The predicted molar refractivity (Wildman–Crippen MR) is 121 cm³/mol. The maximum absolute atomic E-state index is 12.3. The van der Waals surface area contributed by atoms with Gasteiger partial charge in [-0.2, -0.15) is 0 Å². The van der Waals surface area contributed by atoms with Gasteiger partial charge in [-0.15, -0.1) is 0 Å². The van der Waals surface area contributed by atoms with Gasteiger partial charge < -0.3 is 19.5 Å². The first-order valence-corrected chi connectivity index (χ1v) is 9.66. The maximum atomic E-state index is 12.3. The number of hydrogen-bond donors (Lipinski definition) is 1. The summed E-state index contributed by atoms with van der Waals surface area (Å²) in [5, 5.41) is 13.8. The number of nitro groups is 1. The molecule has 0 aromatic heterocycles. The molecule has 0 heterocycles. The van der Waals surface area contributed by atoms with E-state index in [9.17, 15) is 14.9 Å². The highest BCUT2D eigenvalue weighted by Crippen LogP contribution is 2.30. The summed E-state index contributed by atoms with van der Waals surface area (Å²) in [7, 11) is 2.94. The van der Waals surface area contributed by atoms with Crippen LogP contribution in [0.15, 0.2) is 72.8 Å². The highest BCUT2D eigenvalue weighted by molar-refractivity contribution is 6.03. The third-order valence-electron chi connectivity index (χ3n) is 4.51. The lowest BCUT2D eigenvalue weighted by Crippen LogP contribution is -2.09. The Morgan fingerprint density at radius 1 is 1.00 bits per heavy atom. The van der Waals surface area contributed by atoms with Gasteiger partial charge in [0.25, 0.3) is 5.69 Å². The molecule has 3 rings (SSSR count). The minimum absolute atomic E-state index is 0.0766. The number of ether oxygens (including phenoxy) is 3. The van der Waals surface area contributed by atoms with E-state index in [1.807, 2.05) is 30.3 Å². The lowest BCUT2D eigenvalue weighted by atomic mass is 10.2. The van der Waals surface area contributed by atoms with Gasteiger partial charge in [0, 0.05) is 6.08 Å². The molecule has 32 heavy (non-hydrogen) atoms. The molecule has 3 aromatic rings. The van der Waals surface area contributed by atoms with E-state index in [1.165, 1.54) is 38.5 Å². The Balaban J connectivity index is 1.68. The van der Waals surface area contributed by atoms with Crippen LogP contribution in [0.2, 0.25) is 0 Å². The molecule has 8 nitrogen and oxygen atoms in total. The summed E-state index contributed by atoms with van der Waals surface area (Å²) in [6.07, 6.45) is 2.86. The molecule has 1 N–H and O–H groups in total. The van der Waals surface area contributed by atoms with Crippen LogP contribution in [0.3, 0.4) is 0 Å². The number of carbonyl (C=O) groups is 1. The highest BCUT2D eigenvalue weighted by atomic mass is 16.6. The van der Waals surface area contributed by atoms with Crippen LogP contribution in [-0.2, 0) is 11.4 Å². The third kappa shape index (κ3) is 5.85. The summed E-state index contributed by atoms with van der Waals surface area (Å²) in [6, 6.07) is 19.2. The smallest absolute Gasteiger partial charge is 0.296 e. The Morgan fingerprint density at radius 2 is 1.78 bits per heavy atom. The molecule has 0 spiro atoms. The van der Waals surface area contributed by atoms with E-state index in [-0.39, 0.29) is 11.4 Å². The van der Waals surface area contributed by atoms with Crippen LogP contribution in [0.5, 0.6) is 17.2 Å². The van der Waals surface area contributed by atoms with E-state index in [4.69, 9.17) is 14.2 Å². The first kappa shape index (κ1) is 22.4. The maximum Gasteiger partial charge on any atom is 0.296 e. The van der Waals surface area contributed by atoms with Crippen molar-refractivity contribution in [3.05, 3.63) is 94.0 Å². The van der Waals surface area contributed by atoms with Crippen molar-refractivity contribution in [2.75, 3.05) is 19.5 Å². The summed E-state index contributed by atoms with van der Waals surface area (Å²) in [5.41, 5.74) is 1.55. The summed E-state index contributed by atoms with van der Waals surface area (Å²) in [6.45, 7) is 0.398. The predicted octanol–water partition coefficient (Wildman–Crippen LogP) is 4.84. The Labute approximate surface area is 185 Å². The summed E-state index contributed by atoms with van der Waals surface area (Å²) < 4.78 is 16.2. The number of nitro benzene ring substituents is 1. The molecular weight excluding hydrogens is 412 g/mol. The lowest BCUT2D eigenvalue weighted by molar-refractivity contribution is -0.384. The topological polar surface area (TPSA) is 99.9 Å². The van der Waals surface area contributed by atoms with E-state index < -0.39 is 10.8 Å². The van der Waals surface area contributed by atoms with E-state index >= 15 is 0 Å². The van der Waals surface area contributed by atoms with Crippen molar-refractivity contribution in [2.24, 2.45) is 0 Å². The fourth-order valence-electron chi connectivity index (χ4n) is 2.88. The molecule has 1 amide bonds. The van der Waals surface area contributed by atoms with Gasteiger partial charge in [0.15, 0.2) is 11.5 Å². The monoisotopic (exact) mass is 434 g/mol. The normalized spacial score (nSPS) is 10.6. The zero-order chi connectivity index (χ0) is 22.9. The van der Waals surface area contributed by atoms with Crippen molar-refractivity contribution < 1.29 is 23.9 Å². The number of amides is 1. The number of hydrogen-bond acceptors (Lipinski definition) is 6. The number of rotatable bonds is 9. The van der Waals surface area contributed by atoms with E-state index in [0.29, 0.717) is 29.4 Å². The SMILES string of the molecule is COc1ccc(NC(=O)C=Cc2ccc(OCc3ccccc3)c(OC)c2)c([N+](=O)[O-])c1. The molecule has 0 saturated heterocycles. The zero-order valence-electron chi connectivity index (χ0n) is 17.6. The molecule has 0 aliphatic rings.